The van der Waals surface area contributed by atoms with Gasteiger partial charge in [-0.15, -0.1) is 0 Å². The van der Waals surface area contributed by atoms with E-state index in [1.807, 2.05) is 0 Å². The molecule has 0 unspecified atom stereocenters. The number of hydrogen-bond acceptors (Lipinski definition) is 2. The molecule has 17 heavy (non-hydrogen) atoms. The zero-order valence-corrected chi connectivity index (χ0v) is 8.32. The van der Waals surface area contributed by atoms with Gasteiger partial charge in [-0.2, -0.15) is 18.4 Å². The first-order valence-corrected chi connectivity index (χ1v) is 4.37. The summed E-state index contributed by atoms with van der Waals surface area (Å²) in [7, 11) is 0. The number of hydrogen-bond donors (Lipinski definition) is 1. The number of rotatable bonds is 2. The number of nitriles is 1. The molecule has 3 nitrogen and oxygen atoms in total. The average Bonchev–Trinajstić information content (AvgIpc) is 2.24. The molecule has 0 amide bonds. The van der Waals surface area contributed by atoms with Gasteiger partial charge in [-0.3, -0.25) is 0 Å². The van der Waals surface area contributed by atoms with E-state index in [0.717, 1.165) is 24.3 Å². The molecule has 0 fully saturated rings. The predicted molar refractivity (Wildman–Crippen MR) is 52.8 cm³/mol. The van der Waals surface area contributed by atoms with Gasteiger partial charge in [-0.25, -0.2) is 4.79 Å². The Kier molecular flexibility index (Phi) is 3.53. The molecule has 0 aliphatic rings. The van der Waals surface area contributed by atoms with Crippen LogP contribution in [-0.4, -0.2) is 11.1 Å². The average molecular weight is 241 g/mol. The van der Waals surface area contributed by atoms with Crippen LogP contribution in [0, 0.1) is 11.3 Å². The van der Waals surface area contributed by atoms with E-state index in [1.54, 1.807) is 0 Å². The molecule has 0 bridgehead atoms. The zero-order chi connectivity index (χ0) is 13.1. The fourth-order valence-electron chi connectivity index (χ4n) is 1.17. The Morgan fingerprint density at radius 2 is 2.06 bits per heavy atom. The van der Waals surface area contributed by atoms with Crippen LogP contribution in [0.1, 0.15) is 16.7 Å². The molecule has 6 heteroatoms. The summed E-state index contributed by atoms with van der Waals surface area (Å²) in [4.78, 5) is 10.2. The minimum absolute atomic E-state index is 0.0683. The maximum Gasteiger partial charge on any atom is 0.417 e. The van der Waals surface area contributed by atoms with Gasteiger partial charge < -0.3 is 5.11 Å². The second-order valence-electron chi connectivity index (χ2n) is 3.09. The van der Waals surface area contributed by atoms with Crippen molar-refractivity contribution in [2.45, 2.75) is 6.18 Å². The summed E-state index contributed by atoms with van der Waals surface area (Å²) in [5.41, 5.74) is -1.50. The lowest BCUT2D eigenvalue weighted by atomic mass is 10.0. The third-order valence-corrected chi connectivity index (χ3v) is 1.89. The quantitative estimate of drug-likeness (QED) is 0.809. The van der Waals surface area contributed by atoms with Crippen LogP contribution in [0.4, 0.5) is 13.2 Å². The fourth-order valence-corrected chi connectivity index (χ4v) is 1.17. The van der Waals surface area contributed by atoms with Gasteiger partial charge >= 0.3 is 12.1 Å². The summed E-state index contributed by atoms with van der Waals surface area (Å²) in [6.45, 7) is 0. The highest BCUT2D eigenvalue weighted by molar-refractivity contribution is 5.85. The van der Waals surface area contributed by atoms with Crippen molar-refractivity contribution in [2.24, 2.45) is 0 Å². The predicted octanol–water partition coefficient (Wildman–Crippen LogP) is 2.67. The highest BCUT2D eigenvalue weighted by atomic mass is 19.4. The Balaban J connectivity index is 3.24. The number of nitrogens with zero attached hydrogens (tertiary/aromatic N) is 1. The molecule has 0 aromatic heterocycles. The van der Waals surface area contributed by atoms with Crippen LogP contribution in [0.5, 0.6) is 0 Å². The SMILES string of the molecule is N#Cc1ccc(/C=C/C(=O)O)cc1C(F)(F)F. The molecule has 88 valence electrons. The smallest absolute Gasteiger partial charge is 0.417 e. The van der Waals surface area contributed by atoms with Crippen LogP contribution >= 0.6 is 0 Å². The summed E-state index contributed by atoms with van der Waals surface area (Å²) in [5.74, 6) is -1.26. The molecule has 0 aliphatic heterocycles. The van der Waals surface area contributed by atoms with Gasteiger partial charge in [0.1, 0.15) is 0 Å². The Hall–Kier alpha value is -2.29. The first-order valence-electron chi connectivity index (χ1n) is 4.37. The van der Waals surface area contributed by atoms with Gasteiger partial charge in [0.2, 0.25) is 0 Å². The van der Waals surface area contributed by atoms with Crippen molar-refractivity contribution in [3.05, 3.63) is 41.0 Å². The second-order valence-corrected chi connectivity index (χ2v) is 3.09. The van der Waals surface area contributed by atoms with E-state index < -0.39 is 23.3 Å². The normalized spacial score (nSPS) is 11.4. The largest absolute Gasteiger partial charge is 0.478 e. The first kappa shape index (κ1) is 12.8. The minimum Gasteiger partial charge on any atom is -0.478 e. The molecule has 1 N–H and O–H groups in total. The van der Waals surface area contributed by atoms with E-state index in [9.17, 15) is 18.0 Å². The molecule has 1 aromatic carbocycles. The standard InChI is InChI=1S/C11H6F3NO2/c12-11(13,14)9-5-7(2-4-10(16)17)1-3-8(9)6-15/h1-5H,(H,16,17)/b4-2+. The Bertz CT molecular complexity index is 512. The fraction of sp³-hybridized carbons (Fsp3) is 0.0909. The van der Waals surface area contributed by atoms with Crippen molar-refractivity contribution in [3.8, 4) is 6.07 Å². The van der Waals surface area contributed by atoms with Crippen molar-refractivity contribution in [1.29, 1.82) is 5.26 Å². The maximum atomic E-state index is 12.5. The van der Waals surface area contributed by atoms with Crippen LogP contribution in [0.3, 0.4) is 0 Å². The molecule has 0 saturated heterocycles. The summed E-state index contributed by atoms with van der Waals surface area (Å²) in [6.07, 6.45) is -2.89. The number of carboxylic acids is 1. The Morgan fingerprint density at radius 3 is 2.53 bits per heavy atom. The molecule has 0 heterocycles. The van der Waals surface area contributed by atoms with E-state index in [-0.39, 0.29) is 5.56 Å². The lowest BCUT2D eigenvalue weighted by Crippen LogP contribution is -2.08. The molecular weight excluding hydrogens is 235 g/mol. The van der Waals surface area contributed by atoms with Crippen molar-refractivity contribution in [1.82, 2.24) is 0 Å². The Labute approximate surface area is 94.4 Å². The lowest BCUT2D eigenvalue weighted by molar-refractivity contribution is -0.137. The van der Waals surface area contributed by atoms with Gasteiger partial charge in [-0.05, 0) is 23.8 Å². The zero-order valence-electron chi connectivity index (χ0n) is 8.32. The third kappa shape index (κ3) is 3.34. The van der Waals surface area contributed by atoms with Gasteiger partial charge in [-0.1, -0.05) is 6.07 Å². The number of carbonyl (C=O) groups is 1. The van der Waals surface area contributed by atoms with Crippen LogP contribution < -0.4 is 0 Å². The highest BCUT2D eigenvalue weighted by Gasteiger charge is 2.33. The topological polar surface area (TPSA) is 61.1 Å². The molecular formula is C11H6F3NO2. The highest BCUT2D eigenvalue weighted by Crippen LogP contribution is 2.32. The van der Waals surface area contributed by atoms with Crippen molar-refractivity contribution < 1.29 is 23.1 Å². The van der Waals surface area contributed by atoms with Gasteiger partial charge in [0.05, 0.1) is 17.2 Å². The van der Waals surface area contributed by atoms with Crippen LogP contribution in [0.25, 0.3) is 6.08 Å². The van der Waals surface area contributed by atoms with Crippen LogP contribution in [0.15, 0.2) is 24.3 Å². The molecule has 0 saturated carbocycles. The number of alkyl halides is 3. The minimum atomic E-state index is -4.64. The number of halogens is 3. The number of aliphatic carboxylic acids is 1. The van der Waals surface area contributed by atoms with Crippen molar-refractivity contribution in [2.75, 3.05) is 0 Å². The second kappa shape index (κ2) is 4.70. The monoisotopic (exact) mass is 241 g/mol. The maximum absolute atomic E-state index is 12.5. The molecule has 0 aliphatic carbocycles. The third-order valence-electron chi connectivity index (χ3n) is 1.89. The van der Waals surface area contributed by atoms with Gasteiger partial charge in [0.25, 0.3) is 0 Å². The van der Waals surface area contributed by atoms with E-state index >= 15 is 0 Å². The van der Waals surface area contributed by atoms with E-state index in [0.29, 0.717) is 0 Å². The molecule has 1 rings (SSSR count). The van der Waals surface area contributed by atoms with Crippen molar-refractivity contribution in [3.63, 3.8) is 0 Å². The summed E-state index contributed by atoms with van der Waals surface area (Å²) in [5, 5.41) is 16.9. The van der Waals surface area contributed by atoms with E-state index in [1.165, 1.54) is 12.1 Å². The van der Waals surface area contributed by atoms with Gasteiger partial charge in [0, 0.05) is 6.08 Å². The van der Waals surface area contributed by atoms with E-state index in [4.69, 9.17) is 10.4 Å². The summed E-state index contributed by atoms with van der Waals surface area (Å²) in [6, 6.07) is 4.42. The molecule has 0 spiro atoms. The number of benzene rings is 1. The van der Waals surface area contributed by atoms with Gasteiger partial charge in [0.15, 0.2) is 0 Å². The van der Waals surface area contributed by atoms with Crippen LogP contribution in [-0.2, 0) is 11.0 Å². The number of carboxylic acid groups (broad SMARTS) is 1. The molecule has 0 radical (unpaired) electrons. The van der Waals surface area contributed by atoms with E-state index in [2.05, 4.69) is 0 Å². The first-order chi connectivity index (χ1) is 7.84. The lowest BCUT2D eigenvalue weighted by Gasteiger charge is -2.09. The summed E-state index contributed by atoms with van der Waals surface area (Å²) >= 11 is 0. The van der Waals surface area contributed by atoms with Crippen LogP contribution in [0.2, 0.25) is 0 Å². The summed E-state index contributed by atoms with van der Waals surface area (Å²) < 4.78 is 37.6. The van der Waals surface area contributed by atoms with Crippen molar-refractivity contribution >= 4 is 12.0 Å². The molecule has 0 atom stereocenters. The molecule has 1 aromatic rings. The Morgan fingerprint density at radius 1 is 1.41 bits per heavy atom.